The molecule has 1 heterocycles. The van der Waals surface area contributed by atoms with Gasteiger partial charge in [0, 0.05) is 0 Å². The Balaban J connectivity index is 2.51. The average Bonchev–Trinajstić information content (AvgIpc) is 2.63. The molecule has 5 heteroatoms. The Morgan fingerprint density at radius 2 is 2.12 bits per heavy atom. The highest BCUT2D eigenvalue weighted by Gasteiger charge is 2.24. The zero-order valence-corrected chi connectivity index (χ0v) is 10.7. The molecule has 0 aliphatic heterocycles. The zero-order chi connectivity index (χ0) is 12.2. The van der Waals surface area contributed by atoms with E-state index < -0.39 is 5.54 Å². The van der Waals surface area contributed by atoms with Crippen molar-refractivity contribution in [3.05, 3.63) is 23.7 Å². The number of nitrogens with one attached hydrogen (secondary N) is 1. The molecule has 0 unspecified atom stereocenters. The summed E-state index contributed by atoms with van der Waals surface area (Å²) in [5.41, 5.74) is 4.54. The third-order valence-corrected chi connectivity index (χ3v) is 2.90. The monoisotopic (exact) mass is 242 g/mol. The van der Waals surface area contributed by atoms with Crippen LogP contribution in [-0.2, 0) is 17.1 Å². The highest BCUT2D eigenvalue weighted by Crippen LogP contribution is 2.14. The van der Waals surface area contributed by atoms with Gasteiger partial charge in [0.05, 0.1) is 17.8 Å². The van der Waals surface area contributed by atoms with Crippen LogP contribution in [0.4, 0.5) is 0 Å². The van der Waals surface area contributed by atoms with Gasteiger partial charge in [-0.1, -0.05) is 0 Å². The molecule has 0 bridgehead atoms. The summed E-state index contributed by atoms with van der Waals surface area (Å²) in [6.45, 7) is 4.01. The van der Waals surface area contributed by atoms with Gasteiger partial charge in [-0.25, -0.2) is 0 Å². The van der Waals surface area contributed by atoms with E-state index in [0.717, 1.165) is 17.3 Å². The maximum absolute atomic E-state index is 11.1. The molecule has 4 nitrogen and oxygen atoms in total. The normalized spacial score (nSPS) is 11.7. The number of thioether (sulfide) groups is 1. The predicted octanol–water partition coefficient (Wildman–Crippen LogP) is 1.50. The van der Waals surface area contributed by atoms with Crippen LogP contribution in [0.1, 0.15) is 25.4 Å². The molecular weight excluding hydrogens is 224 g/mol. The minimum absolute atomic E-state index is 0.372. The van der Waals surface area contributed by atoms with E-state index in [1.165, 1.54) is 0 Å². The lowest BCUT2D eigenvalue weighted by atomic mass is 10.1. The molecule has 0 spiro atoms. The quantitative estimate of drug-likeness (QED) is 0.793. The summed E-state index contributed by atoms with van der Waals surface area (Å²) >= 11 is 1.71. The van der Waals surface area contributed by atoms with Gasteiger partial charge in [-0.2, -0.15) is 11.8 Å². The number of carbonyl (C=O) groups excluding carboxylic acids is 1. The van der Waals surface area contributed by atoms with Gasteiger partial charge in [0.1, 0.15) is 11.5 Å². The maximum Gasteiger partial charge on any atom is 0.237 e. The second kappa shape index (κ2) is 5.41. The first kappa shape index (κ1) is 13.1. The van der Waals surface area contributed by atoms with E-state index in [1.54, 1.807) is 25.6 Å². The molecule has 0 aliphatic rings. The molecule has 0 fully saturated rings. The number of furan rings is 1. The molecule has 1 aromatic heterocycles. The maximum atomic E-state index is 11.1. The first-order chi connectivity index (χ1) is 7.45. The summed E-state index contributed by atoms with van der Waals surface area (Å²) in [7, 11) is 0. The molecular formula is C11H18N2O2S. The fourth-order valence-electron chi connectivity index (χ4n) is 1.13. The van der Waals surface area contributed by atoms with E-state index in [4.69, 9.17) is 10.2 Å². The van der Waals surface area contributed by atoms with Gasteiger partial charge < -0.3 is 10.2 Å². The minimum Gasteiger partial charge on any atom is -0.464 e. The van der Waals surface area contributed by atoms with Gasteiger partial charge in [-0.3, -0.25) is 10.1 Å². The molecule has 0 saturated carbocycles. The van der Waals surface area contributed by atoms with Crippen LogP contribution in [-0.4, -0.2) is 17.7 Å². The van der Waals surface area contributed by atoms with Crippen LogP contribution in [0.25, 0.3) is 0 Å². The fourth-order valence-corrected chi connectivity index (χ4v) is 1.57. The number of nitrogens with two attached hydrogens (primary N) is 1. The van der Waals surface area contributed by atoms with Crippen LogP contribution in [0, 0.1) is 0 Å². The van der Waals surface area contributed by atoms with Gasteiger partial charge in [0.15, 0.2) is 0 Å². The van der Waals surface area contributed by atoms with Gasteiger partial charge in [-0.15, -0.1) is 0 Å². The Morgan fingerprint density at radius 1 is 1.50 bits per heavy atom. The predicted molar refractivity (Wildman–Crippen MR) is 66.0 cm³/mol. The first-order valence-corrected chi connectivity index (χ1v) is 6.46. The number of carbonyl (C=O) groups is 1. The van der Waals surface area contributed by atoms with Crippen molar-refractivity contribution >= 4 is 17.7 Å². The smallest absolute Gasteiger partial charge is 0.237 e. The number of hydrogen-bond acceptors (Lipinski definition) is 4. The van der Waals surface area contributed by atoms with E-state index in [0.29, 0.717) is 6.54 Å². The summed E-state index contributed by atoms with van der Waals surface area (Å²) < 4.78 is 5.56. The average molecular weight is 242 g/mol. The van der Waals surface area contributed by atoms with Crippen molar-refractivity contribution in [2.75, 3.05) is 6.26 Å². The van der Waals surface area contributed by atoms with E-state index in [2.05, 4.69) is 5.32 Å². The molecule has 3 N–H and O–H groups in total. The third-order valence-electron chi connectivity index (χ3n) is 2.32. The van der Waals surface area contributed by atoms with Gasteiger partial charge in [0.25, 0.3) is 0 Å². The highest BCUT2D eigenvalue weighted by molar-refractivity contribution is 7.97. The second-order valence-corrected chi connectivity index (χ2v) is 5.01. The van der Waals surface area contributed by atoms with Crippen molar-refractivity contribution in [3.8, 4) is 0 Å². The molecule has 0 atom stereocenters. The Hall–Kier alpha value is -0.940. The lowest BCUT2D eigenvalue weighted by Crippen LogP contribution is -2.50. The standard InChI is InChI=1S/C11H18N2O2S/c1-11(2,10(12)14)13-6-8-4-5-9(15-8)7-16-3/h4-5,13H,6-7H2,1-3H3,(H2,12,14). The Morgan fingerprint density at radius 3 is 2.69 bits per heavy atom. The van der Waals surface area contributed by atoms with Crippen LogP contribution in [0.15, 0.2) is 16.5 Å². The van der Waals surface area contributed by atoms with E-state index in [-0.39, 0.29) is 5.91 Å². The van der Waals surface area contributed by atoms with Crippen LogP contribution in [0.5, 0.6) is 0 Å². The number of primary amides is 1. The second-order valence-electron chi connectivity index (χ2n) is 4.14. The molecule has 90 valence electrons. The summed E-state index contributed by atoms with van der Waals surface area (Å²) in [6, 6.07) is 3.86. The van der Waals surface area contributed by atoms with Gasteiger partial charge in [0.2, 0.25) is 5.91 Å². The summed E-state index contributed by atoms with van der Waals surface area (Å²) in [5.74, 6) is 2.25. The fraction of sp³-hybridized carbons (Fsp3) is 0.545. The van der Waals surface area contributed by atoms with Crippen molar-refractivity contribution in [2.45, 2.75) is 31.7 Å². The molecule has 1 amide bonds. The summed E-state index contributed by atoms with van der Waals surface area (Å²) in [5, 5.41) is 3.06. The molecule has 16 heavy (non-hydrogen) atoms. The van der Waals surface area contributed by atoms with Crippen molar-refractivity contribution < 1.29 is 9.21 Å². The van der Waals surface area contributed by atoms with Crippen molar-refractivity contribution in [1.82, 2.24) is 5.32 Å². The molecule has 0 aromatic carbocycles. The Bertz CT molecular complexity index is 361. The lowest BCUT2D eigenvalue weighted by Gasteiger charge is -2.21. The SMILES string of the molecule is CSCc1ccc(CNC(C)(C)C(N)=O)o1. The molecule has 1 aromatic rings. The molecule has 1 rings (SSSR count). The van der Waals surface area contributed by atoms with E-state index in [9.17, 15) is 4.79 Å². The lowest BCUT2D eigenvalue weighted by molar-refractivity contribution is -0.123. The molecule has 0 saturated heterocycles. The van der Waals surface area contributed by atoms with Crippen molar-refractivity contribution in [2.24, 2.45) is 5.73 Å². The minimum atomic E-state index is -0.716. The van der Waals surface area contributed by atoms with E-state index >= 15 is 0 Å². The number of rotatable bonds is 6. The Kier molecular flexibility index (Phi) is 4.44. The third kappa shape index (κ3) is 3.57. The van der Waals surface area contributed by atoms with Crippen molar-refractivity contribution in [3.63, 3.8) is 0 Å². The van der Waals surface area contributed by atoms with E-state index in [1.807, 2.05) is 18.4 Å². The van der Waals surface area contributed by atoms with Crippen LogP contribution in [0.2, 0.25) is 0 Å². The topological polar surface area (TPSA) is 68.3 Å². The summed E-state index contributed by atoms with van der Waals surface area (Å²) in [4.78, 5) is 11.1. The zero-order valence-electron chi connectivity index (χ0n) is 9.87. The van der Waals surface area contributed by atoms with Crippen molar-refractivity contribution in [1.29, 1.82) is 0 Å². The number of hydrogen-bond donors (Lipinski definition) is 2. The largest absolute Gasteiger partial charge is 0.464 e. The highest BCUT2D eigenvalue weighted by atomic mass is 32.2. The van der Waals surface area contributed by atoms with Crippen LogP contribution >= 0.6 is 11.8 Å². The molecule has 0 radical (unpaired) electrons. The van der Waals surface area contributed by atoms with Crippen LogP contribution in [0.3, 0.4) is 0 Å². The van der Waals surface area contributed by atoms with Gasteiger partial charge in [-0.05, 0) is 32.2 Å². The Labute approximate surface area is 100.0 Å². The summed E-state index contributed by atoms with van der Waals surface area (Å²) in [6.07, 6.45) is 2.02. The first-order valence-electron chi connectivity index (χ1n) is 5.07. The number of amides is 1. The molecule has 0 aliphatic carbocycles. The van der Waals surface area contributed by atoms with Crippen LogP contribution < -0.4 is 11.1 Å². The van der Waals surface area contributed by atoms with Gasteiger partial charge >= 0.3 is 0 Å².